The number of carbonyl (C=O) groups excluding carboxylic acids is 1. The smallest absolute Gasteiger partial charge is 0.336 e. The Hall–Kier alpha value is -1.53. The average molecular weight is 329 g/mol. The third-order valence-electron chi connectivity index (χ3n) is 2.63. The van der Waals surface area contributed by atoms with Crippen molar-refractivity contribution in [1.82, 2.24) is 0 Å². The van der Waals surface area contributed by atoms with E-state index in [0.29, 0.717) is 21.5 Å². The normalized spacial score (nSPS) is 14.1. The molecule has 19 heavy (non-hydrogen) atoms. The zero-order valence-corrected chi connectivity index (χ0v) is 11.9. The van der Waals surface area contributed by atoms with Gasteiger partial charge in [0.15, 0.2) is 11.5 Å². The van der Waals surface area contributed by atoms with Crippen LogP contribution in [0.5, 0.6) is 11.5 Å². The van der Waals surface area contributed by atoms with E-state index in [1.165, 1.54) is 0 Å². The molecule has 0 amide bonds. The van der Waals surface area contributed by atoms with Gasteiger partial charge in [0.2, 0.25) is 6.79 Å². The number of fused-ring (bicyclic) bond motifs is 1. The van der Waals surface area contributed by atoms with Gasteiger partial charge in [-0.05, 0) is 40.5 Å². The average Bonchev–Trinajstić information content (AvgIpc) is 2.86. The van der Waals surface area contributed by atoms with E-state index < -0.39 is 12.1 Å². The number of aliphatic hydroxyl groups excluding tert-OH is 1. The fourth-order valence-corrected chi connectivity index (χ4v) is 2.26. The van der Waals surface area contributed by atoms with Gasteiger partial charge in [-0.2, -0.15) is 0 Å². The molecular weight excluding hydrogens is 316 g/mol. The Morgan fingerprint density at radius 2 is 2.32 bits per heavy atom. The molecule has 0 fully saturated rings. The Morgan fingerprint density at radius 3 is 3.00 bits per heavy atom. The minimum absolute atomic E-state index is 0.0207. The van der Waals surface area contributed by atoms with Crippen LogP contribution in [0, 0.1) is 0 Å². The molecule has 6 heteroatoms. The van der Waals surface area contributed by atoms with Crippen LogP contribution in [-0.2, 0) is 9.53 Å². The molecule has 0 bridgehead atoms. The largest absolute Gasteiger partial charge is 0.463 e. The van der Waals surface area contributed by atoms with Gasteiger partial charge in [-0.15, -0.1) is 0 Å². The Labute approximate surface area is 118 Å². The number of benzene rings is 1. The topological polar surface area (TPSA) is 65.0 Å². The number of aliphatic hydroxyl groups is 1. The van der Waals surface area contributed by atoms with Gasteiger partial charge in [-0.25, -0.2) is 4.79 Å². The van der Waals surface area contributed by atoms with Crippen LogP contribution in [0.3, 0.4) is 0 Å². The SMILES string of the molecule is C=C(C(=O)OCC)C(O)c1cc(Br)c2c(c1)OCO2. The van der Waals surface area contributed by atoms with Crippen molar-refractivity contribution >= 4 is 21.9 Å². The summed E-state index contributed by atoms with van der Waals surface area (Å²) in [6, 6.07) is 3.27. The lowest BCUT2D eigenvalue weighted by molar-refractivity contribution is -0.139. The van der Waals surface area contributed by atoms with E-state index in [1.807, 2.05) is 0 Å². The Bertz CT molecular complexity index is 526. The molecule has 2 rings (SSSR count). The zero-order chi connectivity index (χ0) is 14.0. The van der Waals surface area contributed by atoms with Crippen LogP contribution in [0.15, 0.2) is 28.8 Å². The molecule has 0 saturated heterocycles. The van der Waals surface area contributed by atoms with E-state index in [9.17, 15) is 9.90 Å². The molecule has 5 nitrogen and oxygen atoms in total. The summed E-state index contributed by atoms with van der Waals surface area (Å²) in [6.07, 6.45) is -1.15. The van der Waals surface area contributed by atoms with Crippen molar-refractivity contribution in [3.05, 3.63) is 34.3 Å². The number of rotatable bonds is 4. The predicted octanol–water partition coefficient (Wildman–Crippen LogP) is 2.33. The number of hydrogen-bond acceptors (Lipinski definition) is 5. The number of carbonyl (C=O) groups is 1. The van der Waals surface area contributed by atoms with E-state index in [1.54, 1.807) is 19.1 Å². The number of halogens is 1. The molecule has 1 aliphatic rings. The summed E-state index contributed by atoms with van der Waals surface area (Å²) >= 11 is 3.32. The zero-order valence-electron chi connectivity index (χ0n) is 10.3. The Morgan fingerprint density at radius 1 is 1.58 bits per heavy atom. The second-order valence-electron chi connectivity index (χ2n) is 3.88. The fourth-order valence-electron chi connectivity index (χ4n) is 1.68. The number of esters is 1. The molecule has 1 atom stereocenters. The van der Waals surface area contributed by atoms with Crippen molar-refractivity contribution in [2.24, 2.45) is 0 Å². The van der Waals surface area contributed by atoms with Crippen molar-refractivity contribution in [3.8, 4) is 11.5 Å². The maximum atomic E-state index is 11.5. The first kappa shape index (κ1) is 13.9. The minimum atomic E-state index is -1.15. The third kappa shape index (κ3) is 2.74. The molecule has 1 N–H and O–H groups in total. The predicted molar refractivity (Wildman–Crippen MR) is 71.0 cm³/mol. The molecule has 102 valence electrons. The highest BCUT2D eigenvalue weighted by atomic mass is 79.9. The maximum absolute atomic E-state index is 11.5. The summed E-state index contributed by atoms with van der Waals surface area (Å²) in [4.78, 5) is 11.5. The Balaban J connectivity index is 2.25. The molecule has 1 aromatic carbocycles. The third-order valence-corrected chi connectivity index (χ3v) is 3.22. The fraction of sp³-hybridized carbons (Fsp3) is 0.308. The first-order chi connectivity index (χ1) is 9.04. The van der Waals surface area contributed by atoms with Gasteiger partial charge in [-0.3, -0.25) is 0 Å². The lowest BCUT2D eigenvalue weighted by atomic mass is 10.0. The summed E-state index contributed by atoms with van der Waals surface area (Å²) in [5.74, 6) is 0.474. The van der Waals surface area contributed by atoms with E-state index >= 15 is 0 Å². The van der Waals surface area contributed by atoms with Crippen LogP contribution in [-0.4, -0.2) is 24.5 Å². The highest BCUT2D eigenvalue weighted by Gasteiger charge is 2.24. The monoisotopic (exact) mass is 328 g/mol. The second-order valence-corrected chi connectivity index (χ2v) is 4.74. The molecule has 0 aromatic heterocycles. The second kappa shape index (κ2) is 5.63. The van der Waals surface area contributed by atoms with Crippen molar-refractivity contribution in [2.45, 2.75) is 13.0 Å². The van der Waals surface area contributed by atoms with Gasteiger partial charge in [0.05, 0.1) is 16.7 Å². The summed E-state index contributed by atoms with van der Waals surface area (Å²) in [7, 11) is 0. The maximum Gasteiger partial charge on any atom is 0.336 e. The van der Waals surface area contributed by atoms with Crippen LogP contribution in [0.2, 0.25) is 0 Å². The van der Waals surface area contributed by atoms with E-state index in [0.717, 1.165) is 0 Å². The van der Waals surface area contributed by atoms with E-state index in [2.05, 4.69) is 22.5 Å². The summed E-state index contributed by atoms with van der Waals surface area (Å²) in [5.41, 5.74) is 0.460. The first-order valence-electron chi connectivity index (χ1n) is 5.67. The van der Waals surface area contributed by atoms with Crippen molar-refractivity contribution in [2.75, 3.05) is 13.4 Å². The van der Waals surface area contributed by atoms with Gasteiger partial charge < -0.3 is 19.3 Å². The highest BCUT2D eigenvalue weighted by Crippen LogP contribution is 2.41. The highest BCUT2D eigenvalue weighted by molar-refractivity contribution is 9.10. The van der Waals surface area contributed by atoms with Crippen LogP contribution in [0.4, 0.5) is 0 Å². The summed E-state index contributed by atoms with van der Waals surface area (Å²) in [5, 5.41) is 10.1. The molecule has 0 spiro atoms. The lowest BCUT2D eigenvalue weighted by Crippen LogP contribution is -2.13. The molecule has 1 heterocycles. The van der Waals surface area contributed by atoms with Crippen LogP contribution < -0.4 is 9.47 Å². The molecule has 0 saturated carbocycles. The summed E-state index contributed by atoms with van der Waals surface area (Å²) in [6.45, 7) is 5.61. The molecule has 1 unspecified atom stereocenters. The van der Waals surface area contributed by atoms with Gasteiger partial charge in [-0.1, -0.05) is 6.58 Å². The van der Waals surface area contributed by atoms with Gasteiger partial charge in [0.1, 0.15) is 6.10 Å². The quantitative estimate of drug-likeness (QED) is 0.678. The van der Waals surface area contributed by atoms with Crippen molar-refractivity contribution in [1.29, 1.82) is 0 Å². The minimum Gasteiger partial charge on any atom is -0.463 e. The number of ether oxygens (including phenoxy) is 3. The molecule has 1 aromatic rings. The van der Waals surface area contributed by atoms with Gasteiger partial charge in [0.25, 0.3) is 0 Å². The molecule has 1 aliphatic heterocycles. The molecular formula is C13H13BrO5. The van der Waals surface area contributed by atoms with Crippen molar-refractivity contribution < 1.29 is 24.1 Å². The standard InChI is InChI=1S/C13H13BrO5/c1-3-17-13(16)7(2)11(15)8-4-9(14)12-10(5-8)18-6-19-12/h4-5,11,15H,2-3,6H2,1H3. The van der Waals surface area contributed by atoms with E-state index in [-0.39, 0.29) is 19.0 Å². The molecule has 0 aliphatic carbocycles. The van der Waals surface area contributed by atoms with Crippen LogP contribution in [0.1, 0.15) is 18.6 Å². The van der Waals surface area contributed by atoms with Crippen molar-refractivity contribution in [3.63, 3.8) is 0 Å². The van der Waals surface area contributed by atoms with E-state index in [4.69, 9.17) is 14.2 Å². The van der Waals surface area contributed by atoms with Crippen LogP contribution in [0.25, 0.3) is 0 Å². The lowest BCUT2D eigenvalue weighted by Gasteiger charge is -2.14. The summed E-state index contributed by atoms with van der Waals surface area (Å²) < 4.78 is 15.9. The first-order valence-corrected chi connectivity index (χ1v) is 6.47. The Kier molecular flexibility index (Phi) is 4.11. The van der Waals surface area contributed by atoms with Gasteiger partial charge >= 0.3 is 5.97 Å². The number of hydrogen-bond donors (Lipinski definition) is 1. The van der Waals surface area contributed by atoms with Crippen LogP contribution >= 0.6 is 15.9 Å². The van der Waals surface area contributed by atoms with Gasteiger partial charge in [0, 0.05) is 0 Å². The molecule has 0 radical (unpaired) electrons.